The second-order valence-corrected chi connectivity index (χ2v) is 3.03. The first-order valence-electron chi connectivity index (χ1n) is 4.50. The molecule has 1 aromatic rings. The van der Waals surface area contributed by atoms with E-state index in [4.69, 9.17) is 10.00 Å². The fourth-order valence-corrected chi connectivity index (χ4v) is 1.19. The predicted molar refractivity (Wildman–Crippen MR) is 56.5 cm³/mol. The Balaban J connectivity index is 2.70. The first-order valence-corrected chi connectivity index (χ1v) is 4.50. The van der Waals surface area contributed by atoms with Gasteiger partial charge >= 0.3 is 0 Å². The van der Waals surface area contributed by atoms with Gasteiger partial charge < -0.3 is 9.64 Å². The van der Waals surface area contributed by atoms with Gasteiger partial charge in [0.15, 0.2) is 0 Å². The van der Waals surface area contributed by atoms with E-state index in [9.17, 15) is 0 Å². The van der Waals surface area contributed by atoms with Gasteiger partial charge in [-0.25, -0.2) is 0 Å². The van der Waals surface area contributed by atoms with Crippen molar-refractivity contribution in [1.82, 2.24) is 0 Å². The molecule has 0 fully saturated rings. The third-order valence-electron chi connectivity index (χ3n) is 2.05. The molecular weight excluding hydrogens is 176 g/mol. The Labute approximate surface area is 84.5 Å². The van der Waals surface area contributed by atoms with Crippen LogP contribution >= 0.6 is 0 Å². The highest BCUT2D eigenvalue weighted by Gasteiger charge is 2.00. The van der Waals surface area contributed by atoms with E-state index in [2.05, 4.69) is 6.07 Å². The van der Waals surface area contributed by atoms with Gasteiger partial charge in [0.05, 0.1) is 19.6 Å². The minimum atomic E-state index is 0.535. The lowest BCUT2D eigenvalue weighted by Crippen LogP contribution is -2.17. The number of methoxy groups -OCH3 is 1. The summed E-state index contributed by atoms with van der Waals surface area (Å²) in [7, 11) is 3.61. The van der Waals surface area contributed by atoms with Crippen molar-refractivity contribution >= 4 is 5.69 Å². The SMILES string of the molecule is COc1cccc(N(C)CCC#N)c1. The van der Waals surface area contributed by atoms with Gasteiger partial charge in [0, 0.05) is 25.3 Å². The van der Waals surface area contributed by atoms with Crippen LogP contribution in [0, 0.1) is 11.3 Å². The van der Waals surface area contributed by atoms with Gasteiger partial charge in [-0.1, -0.05) is 6.07 Å². The zero-order valence-corrected chi connectivity index (χ0v) is 8.53. The normalized spacial score (nSPS) is 9.21. The number of benzene rings is 1. The quantitative estimate of drug-likeness (QED) is 0.729. The topological polar surface area (TPSA) is 36.3 Å². The van der Waals surface area contributed by atoms with E-state index < -0.39 is 0 Å². The minimum absolute atomic E-state index is 0.535. The Morgan fingerprint density at radius 2 is 2.29 bits per heavy atom. The highest BCUT2D eigenvalue weighted by Crippen LogP contribution is 2.19. The molecule has 0 amide bonds. The van der Waals surface area contributed by atoms with Gasteiger partial charge in [0.1, 0.15) is 5.75 Å². The third-order valence-corrected chi connectivity index (χ3v) is 2.05. The second-order valence-electron chi connectivity index (χ2n) is 3.03. The lowest BCUT2D eigenvalue weighted by atomic mass is 10.2. The first-order chi connectivity index (χ1) is 6.77. The van der Waals surface area contributed by atoms with Gasteiger partial charge in [0.2, 0.25) is 0 Å². The lowest BCUT2D eigenvalue weighted by molar-refractivity contribution is 0.415. The van der Waals surface area contributed by atoms with Crippen molar-refractivity contribution in [2.75, 3.05) is 25.6 Å². The zero-order chi connectivity index (χ0) is 10.4. The molecule has 74 valence electrons. The Hall–Kier alpha value is -1.69. The first kappa shape index (κ1) is 10.4. The smallest absolute Gasteiger partial charge is 0.120 e. The van der Waals surface area contributed by atoms with E-state index in [1.165, 1.54) is 0 Å². The van der Waals surface area contributed by atoms with E-state index in [1.807, 2.05) is 36.2 Å². The number of nitriles is 1. The van der Waals surface area contributed by atoms with Crippen LogP contribution in [0.1, 0.15) is 6.42 Å². The van der Waals surface area contributed by atoms with Crippen molar-refractivity contribution in [3.63, 3.8) is 0 Å². The standard InChI is InChI=1S/C11H14N2O/c1-13(8-4-7-12)10-5-3-6-11(9-10)14-2/h3,5-6,9H,4,8H2,1-2H3. The highest BCUT2D eigenvalue weighted by atomic mass is 16.5. The summed E-state index contributed by atoms with van der Waals surface area (Å²) in [5.74, 6) is 0.839. The van der Waals surface area contributed by atoms with Crippen LogP contribution in [-0.2, 0) is 0 Å². The summed E-state index contributed by atoms with van der Waals surface area (Å²) in [6, 6.07) is 9.93. The molecule has 0 bridgehead atoms. The maximum absolute atomic E-state index is 8.46. The Bertz CT molecular complexity index is 330. The summed E-state index contributed by atoms with van der Waals surface area (Å²) in [5, 5.41) is 8.46. The molecular formula is C11H14N2O. The van der Waals surface area contributed by atoms with Crippen LogP contribution in [0.5, 0.6) is 5.75 Å². The van der Waals surface area contributed by atoms with Crippen molar-refractivity contribution in [3.05, 3.63) is 24.3 Å². The average Bonchev–Trinajstić information content (AvgIpc) is 2.26. The largest absolute Gasteiger partial charge is 0.497 e. The van der Waals surface area contributed by atoms with Gasteiger partial charge in [-0.05, 0) is 12.1 Å². The van der Waals surface area contributed by atoms with Gasteiger partial charge in [0.25, 0.3) is 0 Å². The molecule has 0 spiro atoms. The molecule has 3 heteroatoms. The Morgan fingerprint density at radius 3 is 2.93 bits per heavy atom. The summed E-state index contributed by atoms with van der Waals surface area (Å²) in [4.78, 5) is 2.03. The van der Waals surface area contributed by atoms with E-state index in [0.717, 1.165) is 18.0 Å². The number of hydrogen-bond acceptors (Lipinski definition) is 3. The van der Waals surface area contributed by atoms with Gasteiger partial charge in [-0.3, -0.25) is 0 Å². The third kappa shape index (κ3) is 2.67. The number of ether oxygens (including phenoxy) is 1. The van der Waals surface area contributed by atoms with Crippen LogP contribution in [-0.4, -0.2) is 20.7 Å². The molecule has 0 aliphatic rings. The molecule has 14 heavy (non-hydrogen) atoms. The average molecular weight is 190 g/mol. The molecule has 3 nitrogen and oxygen atoms in total. The Kier molecular flexibility index (Phi) is 3.81. The maximum Gasteiger partial charge on any atom is 0.120 e. The van der Waals surface area contributed by atoms with E-state index in [1.54, 1.807) is 7.11 Å². The summed E-state index contributed by atoms with van der Waals surface area (Å²) in [6.45, 7) is 0.740. The number of anilines is 1. The molecule has 0 radical (unpaired) electrons. The summed E-state index contributed by atoms with van der Waals surface area (Å²) in [6.07, 6.45) is 0.535. The molecule has 0 N–H and O–H groups in total. The fraction of sp³-hybridized carbons (Fsp3) is 0.364. The van der Waals surface area contributed by atoms with E-state index in [-0.39, 0.29) is 0 Å². The minimum Gasteiger partial charge on any atom is -0.497 e. The van der Waals surface area contributed by atoms with Crippen LogP contribution in [0.25, 0.3) is 0 Å². The maximum atomic E-state index is 8.46. The van der Waals surface area contributed by atoms with Crippen LogP contribution < -0.4 is 9.64 Å². The Morgan fingerprint density at radius 1 is 1.50 bits per heavy atom. The summed E-state index contributed by atoms with van der Waals surface area (Å²) in [5.41, 5.74) is 1.07. The molecule has 0 saturated carbocycles. The van der Waals surface area contributed by atoms with E-state index >= 15 is 0 Å². The molecule has 0 atom stereocenters. The second kappa shape index (κ2) is 5.13. The van der Waals surface area contributed by atoms with Crippen LogP contribution in [0.15, 0.2) is 24.3 Å². The molecule has 1 aromatic carbocycles. The van der Waals surface area contributed by atoms with Crippen LogP contribution in [0.4, 0.5) is 5.69 Å². The predicted octanol–water partition coefficient (Wildman–Crippen LogP) is 2.05. The molecule has 0 unspecified atom stereocenters. The van der Waals surface area contributed by atoms with Gasteiger partial charge in [-0.15, -0.1) is 0 Å². The number of rotatable bonds is 4. The van der Waals surface area contributed by atoms with Crippen LogP contribution in [0.2, 0.25) is 0 Å². The number of nitrogens with zero attached hydrogens (tertiary/aromatic N) is 2. The lowest BCUT2D eigenvalue weighted by Gasteiger charge is -2.18. The summed E-state index contributed by atoms with van der Waals surface area (Å²) < 4.78 is 5.12. The van der Waals surface area contributed by atoms with Crippen LogP contribution in [0.3, 0.4) is 0 Å². The molecule has 0 saturated heterocycles. The number of hydrogen-bond donors (Lipinski definition) is 0. The molecule has 1 rings (SSSR count). The summed E-state index contributed by atoms with van der Waals surface area (Å²) >= 11 is 0. The van der Waals surface area contributed by atoms with Crippen molar-refractivity contribution < 1.29 is 4.74 Å². The van der Waals surface area contributed by atoms with E-state index in [0.29, 0.717) is 6.42 Å². The van der Waals surface area contributed by atoms with Gasteiger partial charge in [-0.2, -0.15) is 5.26 Å². The molecule has 0 aliphatic heterocycles. The molecule has 0 aliphatic carbocycles. The monoisotopic (exact) mass is 190 g/mol. The van der Waals surface area contributed by atoms with Crippen molar-refractivity contribution in [3.8, 4) is 11.8 Å². The molecule has 0 heterocycles. The van der Waals surface area contributed by atoms with Crippen molar-refractivity contribution in [2.45, 2.75) is 6.42 Å². The van der Waals surface area contributed by atoms with Crippen molar-refractivity contribution in [2.24, 2.45) is 0 Å². The van der Waals surface area contributed by atoms with Crippen molar-refractivity contribution in [1.29, 1.82) is 5.26 Å². The fourth-order valence-electron chi connectivity index (χ4n) is 1.19. The zero-order valence-electron chi connectivity index (χ0n) is 8.53. The molecule has 0 aromatic heterocycles. The highest BCUT2D eigenvalue weighted by molar-refractivity contribution is 5.50.